The van der Waals surface area contributed by atoms with Gasteiger partial charge in [-0.2, -0.15) is 5.26 Å². The van der Waals surface area contributed by atoms with Crippen LogP contribution in [0.1, 0.15) is 27.7 Å². The maximum absolute atomic E-state index is 12.0. The van der Waals surface area contributed by atoms with Gasteiger partial charge in [-0.1, -0.05) is 0 Å². The molecule has 1 heterocycles. The molecule has 0 N–H and O–H groups in total. The molecule has 0 spiro atoms. The third-order valence-corrected chi connectivity index (χ3v) is 4.62. The molecule has 0 aromatic heterocycles. The normalized spacial score (nSPS) is 24.1. The number of methoxy groups -OCH3 is 1. The minimum absolute atomic E-state index is 0.0677. The molecule has 0 aromatic rings. The number of rotatable bonds is 10. The second-order valence-corrected chi connectivity index (χ2v) is 7.48. The highest BCUT2D eigenvalue weighted by Crippen LogP contribution is 2.30. The molecule has 1 fully saturated rings. The molecule has 13 nitrogen and oxygen atoms in total. The summed E-state index contributed by atoms with van der Waals surface area (Å²) in [6.45, 7) is 3.95. The Labute approximate surface area is 199 Å². The lowest BCUT2D eigenvalue weighted by Gasteiger charge is -2.43. The summed E-state index contributed by atoms with van der Waals surface area (Å²) in [5.74, 6) is -3.96. The van der Waals surface area contributed by atoms with Crippen molar-refractivity contribution in [3.63, 3.8) is 0 Å². The van der Waals surface area contributed by atoms with Crippen LogP contribution in [0.15, 0.2) is 11.8 Å². The van der Waals surface area contributed by atoms with Crippen LogP contribution in [0.4, 0.5) is 0 Å². The molecule has 5 atom stereocenters. The number of hydrogen-bond donors (Lipinski definition) is 0. The number of hydrogen-bond acceptors (Lipinski definition) is 14. The van der Waals surface area contributed by atoms with Gasteiger partial charge in [0.2, 0.25) is 12.4 Å². The Morgan fingerprint density at radius 3 is 1.97 bits per heavy atom. The molecule has 34 heavy (non-hydrogen) atoms. The van der Waals surface area contributed by atoms with E-state index in [-0.39, 0.29) is 11.3 Å². The van der Waals surface area contributed by atoms with Crippen LogP contribution < -0.4 is 0 Å². The first-order valence-electron chi connectivity index (χ1n) is 9.74. The smallest absolute Gasteiger partial charge is 0.337 e. The SMILES string of the molecule is COC(=O)/C(=C/O[C@@H]1O[C@H](COC(C)=O)[C@@H](OC(C)=O)[C@H](OC(C)=O)[C@H]1OC(C)=O)CSC#N. The highest BCUT2D eigenvalue weighted by atomic mass is 32.2. The van der Waals surface area contributed by atoms with Crippen LogP contribution in [0, 0.1) is 10.7 Å². The van der Waals surface area contributed by atoms with Crippen LogP contribution in [0.3, 0.4) is 0 Å². The summed E-state index contributed by atoms with van der Waals surface area (Å²) in [6, 6.07) is 0. The number of carbonyl (C=O) groups is 5. The van der Waals surface area contributed by atoms with Crippen LogP contribution in [0.2, 0.25) is 0 Å². The van der Waals surface area contributed by atoms with E-state index < -0.39 is 67.2 Å². The van der Waals surface area contributed by atoms with Gasteiger partial charge in [-0.3, -0.25) is 19.2 Å². The van der Waals surface area contributed by atoms with E-state index >= 15 is 0 Å². The van der Waals surface area contributed by atoms with Gasteiger partial charge in [0.05, 0.1) is 18.9 Å². The molecule has 188 valence electrons. The third kappa shape index (κ3) is 9.28. The lowest BCUT2D eigenvalue weighted by atomic mass is 9.98. The summed E-state index contributed by atoms with van der Waals surface area (Å²) in [5.41, 5.74) is -0.0677. The Bertz CT molecular complexity index is 851. The summed E-state index contributed by atoms with van der Waals surface area (Å²) in [5, 5.41) is 10.6. The van der Waals surface area contributed by atoms with Crippen LogP contribution in [-0.4, -0.2) is 80.0 Å². The number of esters is 5. The van der Waals surface area contributed by atoms with Crippen molar-refractivity contribution >= 4 is 41.6 Å². The van der Waals surface area contributed by atoms with E-state index in [1.54, 1.807) is 5.40 Å². The van der Waals surface area contributed by atoms with Crippen molar-refractivity contribution in [2.75, 3.05) is 19.5 Å². The van der Waals surface area contributed by atoms with Gasteiger partial charge < -0.3 is 33.2 Å². The average molecular weight is 503 g/mol. The minimum atomic E-state index is -1.51. The Balaban J connectivity index is 3.42. The van der Waals surface area contributed by atoms with Crippen molar-refractivity contribution in [1.29, 1.82) is 5.26 Å². The topological polar surface area (TPSA) is 174 Å². The molecule has 0 radical (unpaired) electrons. The molecule has 0 aromatic carbocycles. The fraction of sp³-hybridized carbons (Fsp3) is 0.600. The fourth-order valence-electron chi connectivity index (χ4n) is 2.83. The molecule has 14 heteroatoms. The van der Waals surface area contributed by atoms with E-state index in [9.17, 15) is 24.0 Å². The largest absolute Gasteiger partial charge is 0.468 e. The Kier molecular flexibility index (Phi) is 11.9. The Hall–Kier alpha value is -3.31. The highest BCUT2D eigenvalue weighted by molar-refractivity contribution is 8.03. The zero-order valence-electron chi connectivity index (χ0n) is 19.1. The van der Waals surface area contributed by atoms with Gasteiger partial charge in [-0.25, -0.2) is 4.79 Å². The quantitative estimate of drug-likeness (QED) is 0.131. The second-order valence-electron chi connectivity index (χ2n) is 6.72. The van der Waals surface area contributed by atoms with Crippen LogP contribution in [-0.2, 0) is 57.1 Å². The van der Waals surface area contributed by atoms with E-state index in [4.69, 9.17) is 33.7 Å². The number of thiocyanates is 1. The van der Waals surface area contributed by atoms with Gasteiger partial charge in [0.1, 0.15) is 18.1 Å². The molecule has 1 saturated heterocycles. The molecule has 0 saturated carbocycles. The maximum Gasteiger partial charge on any atom is 0.337 e. The Morgan fingerprint density at radius 2 is 1.47 bits per heavy atom. The minimum Gasteiger partial charge on any atom is -0.468 e. The van der Waals surface area contributed by atoms with Crippen molar-refractivity contribution in [3.8, 4) is 5.40 Å². The van der Waals surface area contributed by atoms with Gasteiger partial charge in [0.25, 0.3) is 0 Å². The summed E-state index contributed by atoms with van der Waals surface area (Å²) in [7, 11) is 1.13. The number of nitriles is 1. The molecule has 0 unspecified atom stereocenters. The predicted octanol–water partition coefficient (Wildman–Crippen LogP) is 0.357. The average Bonchev–Trinajstić information content (AvgIpc) is 2.74. The van der Waals surface area contributed by atoms with Crippen LogP contribution >= 0.6 is 11.8 Å². The Morgan fingerprint density at radius 1 is 0.912 bits per heavy atom. The first-order valence-corrected chi connectivity index (χ1v) is 10.7. The molecule has 1 aliphatic heterocycles. The number of nitrogens with zero attached hydrogens (tertiary/aromatic N) is 1. The molecule has 1 rings (SSSR count). The number of ether oxygens (including phenoxy) is 7. The van der Waals surface area contributed by atoms with Gasteiger partial charge in [0.15, 0.2) is 12.2 Å². The summed E-state index contributed by atoms with van der Waals surface area (Å²) >= 11 is 0.732. The van der Waals surface area contributed by atoms with Gasteiger partial charge in [0, 0.05) is 33.4 Å². The van der Waals surface area contributed by atoms with E-state index in [0.29, 0.717) is 0 Å². The molecular weight excluding hydrogens is 478 g/mol. The van der Waals surface area contributed by atoms with Crippen molar-refractivity contribution in [3.05, 3.63) is 11.8 Å². The standard InChI is InChI=1S/C20H25NO12S/c1-10(22)28-7-15-16(30-11(2)23)17(31-12(3)24)18(32-13(4)25)20(33-15)29-6-14(8-34-9-21)19(26)27-5/h6,15-18,20H,7-8H2,1-5H3/b14-6+/t15-,16-,17+,18-,20-/m1/s1. The molecular formula is C20H25NO12S. The number of thioether (sulfide) groups is 1. The van der Waals surface area contributed by atoms with E-state index in [0.717, 1.165) is 52.8 Å². The lowest BCUT2D eigenvalue weighted by Crippen LogP contribution is -2.62. The van der Waals surface area contributed by atoms with Crippen LogP contribution in [0.5, 0.6) is 0 Å². The van der Waals surface area contributed by atoms with Gasteiger partial charge in [-0.05, 0) is 11.8 Å². The van der Waals surface area contributed by atoms with Crippen molar-refractivity contribution in [2.24, 2.45) is 0 Å². The zero-order chi connectivity index (χ0) is 25.8. The first-order chi connectivity index (χ1) is 16.0. The maximum atomic E-state index is 12.0. The first kappa shape index (κ1) is 28.7. The molecule has 0 aliphatic carbocycles. The lowest BCUT2D eigenvalue weighted by molar-refractivity contribution is -0.297. The van der Waals surface area contributed by atoms with Crippen molar-refractivity contribution in [1.82, 2.24) is 0 Å². The fourth-order valence-corrected chi connectivity index (χ4v) is 3.24. The predicted molar refractivity (Wildman–Crippen MR) is 111 cm³/mol. The second kappa shape index (κ2) is 14.1. The van der Waals surface area contributed by atoms with E-state index in [1.165, 1.54) is 0 Å². The van der Waals surface area contributed by atoms with Crippen LogP contribution in [0.25, 0.3) is 0 Å². The highest BCUT2D eigenvalue weighted by Gasteiger charge is 2.53. The van der Waals surface area contributed by atoms with E-state index in [2.05, 4.69) is 4.74 Å². The van der Waals surface area contributed by atoms with Crippen molar-refractivity contribution in [2.45, 2.75) is 58.4 Å². The molecule has 0 amide bonds. The summed E-state index contributed by atoms with van der Waals surface area (Å²) in [6.07, 6.45) is -6.00. The van der Waals surface area contributed by atoms with Crippen molar-refractivity contribution < 1.29 is 57.1 Å². The number of carbonyl (C=O) groups excluding carboxylic acids is 5. The molecule has 1 aliphatic rings. The summed E-state index contributed by atoms with van der Waals surface area (Å²) in [4.78, 5) is 58.6. The zero-order valence-corrected chi connectivity index (χ0v) is 19.9. The van der Waals surface area contributed by atoms with Gasteiger partial charge in [-0.15, -0.1) is 0 Å². The third-order valence-electron chi connectivity index (χ3n) is 4.03. The van der Waals surface area contributed by atoms with Gasteiger partial charge >= 0.3 is 29.8 Å². The monoisotopic (exact) mass is 503 g/mol. The summed E-state index contributed by atoms with van der Waals surface area (Å²) < 4.78 is 36.6. The van der Waals surface area contributed by atoms with E-state index in [1.807, 2.05) is 0 Å². The molecule has 0 bridgehead atoms.